The summed E-state index contributed by atoms with van der Waals surface area (Å²) in [7, 11) is 0. The molecule has 0 aliphatic carbocycles. The number of halogens is 2. The highest BCUT2D eigenvalue weighted by molar-refractivity contribution is 6.07. The van der Waals surface area contributed by atoms with Crippen LogP contribution in [0, 0.1) is 11.6 Å². The van der Waals surface area contributed by atoms with Crippen LogP contribution in [0.5, 0.6) is 0 Å². The van der Waals surface area contributed by atoms with Gasteiger partial charge in [0.1, 0.15) is 11.6 Å². The van der Waals surface area contributed by atoms with Gasteiger partial charge in [0, 0.05) is 10.8 Å². The summed E-state index contributed by atoms with van der Waals surface area (Å²) in [6.07, 6.45) is 0. The Labute approximate surface area is 91.1 Å². The summed E-state index contributed by atoms with van der Waals surface area (Å²) >= 11 is 0. The molecular formula is C14H8F2. The Morgan fingerprint density at radius 2 is 1.38 bits per heavy atom. The van der Waals surface area contributed by atoms with Crippen molar-refractivity contribution >= 4 is 21.5 Å². The third kappa shape index (κ3) is 1.20. The summed E-state index contributed by atoms with van der Waals surface area (Å²) in [5.41, 5.74) is 0. The molecule has 0 atom stereocenters. The van der Waals surface area contributed by atoms with Gasteiger partial charge in [0.2, 0.25) is 0 Å². The molecule has 0 amide bonds. The summed E-state index contributed by atoms with van der Waals surface area (Å²) in [6, 6.07) is 13.2. The van der Waals surface area contributed by atoms with E-state index >= 15 is 0 Å². The van der Waals surface area contributed by atoms with Crippen LogP contribution in [0.4, 0.5) is 8.78 Å². The molecule has 0 N–H and O–H groups in total. The van der Waals surface area contributed by atoms with Crippen LogP contribution >= 0.6 is 0 Å². The predicted molar refractivity (Wildman–Crippen MR) is 61.4 cm³/mol. The first kappa shape index (κ1) is 9.28. The van der Waals surface area contributed by atoms with Crippen molar-refractivity contribution in [2.24, 2.45) is 0 Å². The molecule has 0 bridgehead atoms. The summed E-state index contributed by atoms with van der Waals surface area (Å²) in [4.78, 5) is 0. The standard InChI is InChI=1S/C14H8F2/c15-12-7-8-13(16)14-10-4-2-1-3-9(10)5-6-11(12)14/h1-8H. The van der Waals surface area contributed by atoms with Crippen LogP contribution in [-0.2, 0) is 0 Å². The third-order valence-corrected chi connectivity index (χ3v) is 2.80. The van der Waals surface area contributed by atoms with Gasteiger partial charge in [-0.2, -0.15) is 0 Å². The quantitative estimate of drug-likeness (QED) is 0.490. The first-order valence-electron chi connectivity index (χ1n) is 5.03. The molecule has 0 saturated carbocycles. The number of benzene rings is 3. The van der Waals surface area contributed by atoms with Crippen molar-refractivity contribution in [3.63, 3.8) is 0 Å². The van der Waals surface area contributed by atoms with Crippen molar-refractivity contribution in [3.8, 4) is 0 Å². The molecule has 0 aliphatic rings. The van der Waals surface area contributed by atoms with Crippen LogP contribution in [0.15, 0.2) is 48.5 Å². The second-order valence-electron chi connectivity index (χ2n) is 3.74. The van der Waals surface area contributed by atoms with E-state index in [4.69, 9.17) is 0 Å². The molecule has 3 aromatic carbocycles. The minimum absolute atomic E-state index is 0.332. The molecule has 3 rings (SSSR count). The fourth-order valence-corrected chi connectivity index (χ4v) is 2.05. The summed E-state index contributed by atoms with van der Waals surface area (Å²) in [5.74, 6) is -0.768. The van der Waals surface area contributed by atoms with Gasteiger partial charge in [-0.15, -0.1) is 0 Å². The molecule has 0 saturated heterocycles. The molecule has 0 heterocycles. The molecule has 78 valence electrons. The van der Waals surface area contributed by atoms with E-state index in [-0.39, 0.29) is 11.6 Å². The van der Waals surface area contributed by atoms with Gasteiger partial charge in [-0.3, -0.25) is 0 Å². The van der Waals surface area contributed by atoms with E-state index in [1.54, 1.807) is 18.2 Å². The van der Waals surface area contributed by atoms with Gasteiger partial charge >= 0.3 is 0 Å². The summed E-state index contributed by atoms with van der Waals surface area (Å²) < 4.78 is 27.3. The fourth-order valence-electron chi connectivity index (χ4n) is 2.05. The first-order valence-corrected chi connectivity index (χ1v) is 5.03. The molecule has 0 aromatic heterocycles. The lowest BCUT2D eigenvalue weighted by molar-refractivity contribution is 0.618. The van der Waals surface area contributed by atoms with E-state index in [9.17, 15) is 8.78 Å². The van der Waals surface area contributed by atoms with E-state index in [0.29, 0.717) is 10.8 Å². The van der Waals surface area contributed by atoms with Crippen LogP contribution in [0.2, 0.25) is 0 Å². The van der Waals surface area contributed by atoms with Gasteiger partial charge in [0.15, 0.2) is 0 Å². The lowest BCUT2D eigenvalue weighted by Crippen LogP contribution is -1.86. The van der Waals surface area contributed by atoms with Gasteiger partial charge in [0.25, 0.3) is 0 Å². The van der Waals surface area contributed by atoms with Gasteiger partial charge in [-0.1, -0.05) is 36.4 Å². The zero-order chi connectivity index (χ0) is 11.1. The average Bonchev–Trinajstić information content (AvgIpc) is 2.33. The number of fused-ring (bicyclic) bond motifs is 3. The molecule has 0 unspecified atom stereocenters. The van der Waals surface area contributed by atoms with E-state index in [2.05, 4.69) is 0 Å². The van der Waals surface area contributed by atoms with Gasteiger partial charge < -0.3 is 0 Å². The molecule has 16 heavy (non-hydrogen) atoms. The number of hydrogen-bond donors (Lipinski definition) is 0. The zero-order valence-electron chi connectivity index (χ0n) is 8.37. The number of rotatable bonds is 0. The lowest BCUT2D eigenvalue weighted by atomic mass is 10.0. The Bertz CT molecular complexity index is 687. The normalized spacial score (nSPS) is 11.1. The fraction of sp³-hybridized carbons (Fsp3) is 0. The van der Waals surface area contributed by atoms with Crippen molar-refractivity contribution in [2.75, 3.05) is 0 Å². The van der Waals surface area contributed by atoms with Gasteiger partial charge in [-0.05, 0) is 22.9 Å². The van der Waals surface area contributed by atoms with E-state index in [1.165, 1.54) is 6.07 Å². The third-order valence-electron chi connectivity index (χ3n) is 2.80. The van der Waals surface area contributed by atoms with Gasteiger partial charge in [0.05, 0.1) is 0 Å². The van der Waals surface area contributed by atoms with Crippen LogP contribution in [-0.4, -0.2) is 0 Å². The Balaban J connectivity index is 2.64. The molecule has 0 spiro atoms. The average molecular weight is 214 g/mol. The SMILES string of the molecule is Fc1ccc(F)c2c1ccc1ccccc12. The molecule has 0 fully saturated rings. The molecule has 0 aliphatic heterocycles. The van der Waals surface area contributed by atoms with Crippen LogP contribution in [0.3, 0.4) is 0 Å². The first-order chi connectivity index (χ1) is 7.77. The molecule has 3 aromatic rings. The van der Waals surface area contributed by atoms with E-state index in [1.807, 2.05) is 18.2 Å². The van der Waals surface area contributed by atoms with Crippen molar-refractivity contribution in [2.45, 2.75) is 0 Å². The highest BCUT2D eigenvalue weighted by atomic mass is 19.1. The minimum atomic E-state index is -0.387. The van der Waals surface area contributed by atoms with Crippen molar-refractivity contribution < 1.29 is 8.78 Å². The maximum absolute atomic E-state index is 13.7. The number of hydrogen-bond acceptors (Lipinski definition) is 0. The molecule has 0 radical (unpaired) electrons. The summed E-state index contributed by atoms with van der Waals surface area (Å²) in [6.45, 7) is 0. The topological polar surface area (TPSA) is 0 Å². The Kier molecular flexibility index (Phi) is 1.90. The monoisotopic (exact) mass is 214 g/mol. The van der Waals surface area contributed by atoms with E-state index < -0.39 is 0 Å². The minimum Gasteiger partial charge on any atom is -0.206 e. The van der Waals surface area contributed by atoms with Crippen LogP contribution in [0.25, 0.3) is 21.5 Å². The second kappa shape index (κ2) is 3.27. The Morgan fingerprint density at radius 1 is 0.625 bits per heavy atom. The predicted octanol–water partition coefficient (Wildman–Crippen LogP) is 4.27. The molecular weight excluding hydrogens is 206 g/mol. The van der Waals surface area contributed by atoms with E-state index in [0.717, 1.165) is 16.8 Å². The molecule has 0 nitrogen and oxygen atoms in total. The second-order valence-corrected chi connectivity index (χ2v) is 3.74. The Morgan fingerprint density at radius 3 is 2.25 bits per heavy atom. The lowest BCUT2D eigenvalue weighted by Gasteiger charge is -2.05. The molecule has 2 heteroatoms. The van der Waals surface area contributed by atoms with Crippen molar-refractivity contribution in [3.05, 3.63) is 60.2 Å². The Hall–Kier alpha value is -1.96. The summed E-state index contributed by atoms with van der Waals surface area (Å²) in [5, 5.41) is 2.35. The van der Waals surface area contributed by atoms with Crippen LogP contribution in [0.1, 0.15) is 0 Å². The maximum atomic E-state index is 13.7. The van der Waals surface area contributed by atoms with Crippen molar-refractivity contribution in [1.82, 2.24) is 0 Å². The van der Waals surface area contributed by atoms with Crippen LogP contribution < -0.4 is 0 Å². The smallest absolute Gasteiger partial charge is 0.131 e. The van der Waals surface area contributed by atoms with Crippen molar-refractivity contribution in [1.29, 1.82) is 0 Å². The highest BCUT2D eigenvalue weighted by Crippen LogP contribution is 2.29. The maximum Gasteiger partial charge on any atom is 0.131 e. The van der Waals surface area contributed by atoms with Gasteiger partial charge in [-0.25, -0.2) is 8.78 Å². The zero-order valence-corrected chi connectivity index (χ0v) is 8.37. The highest BCUT2D eigenvalue weighted by Gasteiger charge is 2.08. The largest absolute Gasteiger partial charge is 0.206 e.